The minimum Gasteiger partial charge on any atom is -0.373 e. The third kappa shape index (κ3) is 2.89. The molecular weight excluding hydrogens is 218 g/mol. The van der Waals surface area contributed by atoms with Crippen LogP contribution in [0.4, 0.5) is 5.82 Å². The first-order chi connectivity index (χ1) is 7.79. The summed E-state index contributed by atoms with van der Waals surface area (Å²) in [5.41, 5.74) is 1.35. The van der Waals surface area contributed by atoms with E-state index in [1.165, 1.54) is 23.6 Å². The van der Waals surface area contributed by atoms with Crippen LogP contribution < -0.4 is 5.32 Å². The van der Waals surface area contributed by atoms with Gasteiger partial charge in [0.1, 0.15) is 5.82 Å². The first-order valence-electron chi connectivity index (χ1n) is 5.74. The molecule has 2 rings (SSSR count). The molecule has 1 fully saturated rings. The van der Waals surface area contributed by atoms with Crippen molar-refractivity contribution in [3.8, 4) is 0 Å². The molecule has 1 atom stereocenters. The number of rotatable bonds is 3. The molecule has 0 radical (unpaired) electrons. The first kappa shape index (κ1) is 11.7. The number of nitrogens with one attached hydrogen (secondary N) is 1. The number of aromatic nitrogens is 1. The van der Waals surface area contributed by atoms with Crippen molar-refractivity contribution in [3.05, 3.63) is 23.9 Å². The number of hydrogen-bond donors (Lipinski definition) is 1. The van der Waals surface area contributed by atoms with Gasteiger partial charge in [-0.3, -0.25) is 4.90 Å². The monoisotopic (exact) mass is 237 g/mol. The summed E-state index contributed by atoms with van der Waals surface area (Å²) in [5, 5.41) is 3.08. The highest BCUT2D eigenvalue weighted by molar-refractivity contribution is 7.99. The molecule has 0 bridgehead atoms. The largest absolute Gasteiger partial charge is 0.373 e. The van der Waals surface area contributed by atoms with Crippen molar-refractivity contribution in [3.63, 3.8) is 0 Å². The summed E-state index contributed by atoms with van der Waals surface area (Å²) in [5.74, 6) is 3.47. The van der Waals surface area contributed by atoms with Gasteiger partial charge in [-0.2, -0.15) is 11.8 Å². The number of thioether (sulfide) groups is 1. The maximum Gasteiger partial charge on any atom is 0.125 e. The Balaban J connectivity index is 2.01. The van der Waals surface area contributed by atoms with Gasteiger partial charge in [0.15, 0.2) is 0 Å². The van der Waals surface area contributed by atoms with Crippen LogP contribution in [0.2, 0.25) is 0 Å². The van der Waals surface area contributed by atoms with Gasteiger partial charge in [0, 0.05) is 43.9 Å². The molecule has 1 saturated heterocycles. The number of pyridine rings is 1. The van der Waals surface area contributed by atoms with E-state index in [0.29, 0.717) is 6.04 Å². The molecule has 1 aliphatic rings. The molecular formula is C12H19N3S. The van der Waals surface area contributed by atoms with E-state index in [4.69, 9.17) is 0 Å². The summed E-state index contributed by atoms with van der Waals surface area (Å²) in [6.45, 7) is 4.55. The molecule has 1 unspecified atom stereocenters. The second-order valence-electron chi connectivity index (χ2n) is 4.19. The van der Waals surface area contributed by atoms with Crippen molar-refractivity contribution in [2.75, 3.05) is 30.4 Å². The molecule has 0 spiro atoms. The van der Waals surface area contributed by atoms with E-state index in [1.54, 1.807) is 0 Å². The highest BCUT2D eigenvalue weighted by Gasteiger charge is 2.18. The Bertz CT molecular complexity index is 343. The van der Waals surface area contributed by atoms with E-state index in [1.807, 2.05) is 13.2 Å². The summed E-state index contributed by atoms with van der Waals surface area (Å²) in [6, 6.07) is 4.92. The first-order valence-corrected chi connectivity index (χ1v) is 6.89. The summed E-state index contributed by atoms with van der Waals surface area (Å²) in [4.78, 5) is 6.78. The van der Waals surface area contributed by atoms with Crippen molar-refractivity contribution in [1.29, 1.82) is 0 Å². The molecule has 0 aromatic carbocycles. The number of anilines is 1. The molecule has 1 N–H and O–H groups in total. The predicted molar refractivity (Wildman–Crippen MR) is 71.0 cm³/mol. The topological polar surface area (TPSA) is 28.2 Å². The Morgan fingerprint density at radius 2 is 2.50 bits per heavy atom. The van der Waals surface area contributed by atoms with Crippen molar-refractivity contribution >= 4 is 17.6 Å². The van der Waals surface area contributed by atoms with Crippen LogP contribution in [0.5, 0.6) is 0 Å². The van der Waals surface area contributed by atoms with Crippen LogP contribution in [0.15, 0.2) is 18.3 Å². The smallest absolute Gasteiger partial charge is 0.125 e. The minimum absolute atomic E-state index is 0.685. The van der Waals surface area contributed by atoms with Gasteiger partial charge in [0.2, 0.25) is 0 Å². The zero-order chi connectivity index (χ0) is 11.4. The summed E-state index contributed by atoms with van der Waals surface area (Å²) in [7, 11) is 1.91. The van der Waals surface area contributed by atoms with Gasteiger partial charge in [-0.25, -0.2) is 4.98 Å². The quantitative estimate of drug-likeness (QED) is 0.871. The van der Waals surface area contributed by atoms with Crippen LogP contribution in [-0.2, 0) is 6.54 Å². The molecule has 0 amide bonds. The number of hydrogen-bond acceptors (Lipinski definition) is 4. The van der Waals surface area contributed by atoms with Crippen LogP contribution in [0.25, 0.3) is 0 Å². The van der Waals surface area contributed by atoms with Crippen LogP contribution in [0.1, 0.15) is 12.5 Å². The normalized spacial score (nSPS) is 22.0. The molecule has 0 aliphatic carbocycles. The van der Waals surface area contributed by atoms with Gasteiger partial charge in [0.05, 0.1) is 0 Å². The van der Waals surface area contributed by atoms with Crippen molar-refractivity contribution in [2.24, 2.45) is 0 Å². The van der Waals surface area contributed by atoms with Gasteiger partial charge < -0.3 is 5.32 Å². The van der Waals surface area contributed by atoms with Crippen LogP contribution in [-0.4, -0.2) is 41.0 Å². The van der Waals surface area contributed by atoms with Crippen molar-refractivity contribution in [1.82, 2.24) is 9.88 Å². The minimum atomic E-state index is 0.685. The molecule has 3 nitrogen and oxygen atoms in total. The lowest BCUT2D eigenvalue weighted by Crippen LogP contribution is -2.39. The third-order valence-electron chi connectivity index (χ3n) is 2.97. The van der Waals surface area contributed by atoms with Crippen molar-refractivity contribution < 1.29 is 0 Å². The second-order valence-corrected chi connectivity index (χ2v) is 5.34. The second kappa shape index (κ2) is 5.55. The Morgan fingerprint density at radius 3 is 3.25 bits per heavy atom. The maximum atomic E-state index is 4.24. The lowest BCUT2D eigenvalue weighted by molar-refractivity contribution is 0.224. The van der Waals surface area contributed by atoms with Gasteiger partial charge in [-0.15, -0.1) is 0 Å². The molecule has 2 heterocycles. The predicted octanol–water partition coefficient (Wildman–Crippen LogP) is 2.06. The standard InChI is InChI=1S/C12H19N3S/c1-10-9-16-6-5-15(10)8-11-3-4-14-12(7-11)13-2/h3-4,7,10H,5-6,8-9H2,1-2H3,(H,13,14). The fourth-order valence-corrected chi connectivity index (χ4v) is 3.02. The zero-order valence-corrected chi connectivity index (χ0v) is 10.8. The molecule has 1 aromatic heterocycles. The van der Waals surface area contributed by atoms with Gasteiger partial charge in [-0.1, -0.05) is 0 Å². The lowest BCUT2D eigenvalue weighted by atomic mass is 10.2. The molecule has 88 valence electrons. The fourth-order valence-electron chi connectivity index (χ4n) is 1.94. The van der Waals surface area contributed by atoms with Gasteiger partial charge in [0.25, 0.3) is 0 Å². The van der Waals surface area contributed by atoms with Crippen LogP contribution in [0, 0.1) is 0 Å². The third-order valence-corrected chi connectivity index (χ3v) is 4.16. The summed E-state index contributed by atoms with van der Waals surface area (Å²) >= 11 is 2.06. The molecule has 16 heavy (non-hydrogen) atoms. The molecule has 1 aromatic rings. The highest BCUT2D eigenvalue weighted by atomic mass is 32.2. The Kier molecular flexibility index (Phi) is 4.07. The Labute approximate surface area is 102 Å². The number of nitrogens with zero attached hydrogens (tertiary/aromatic N) is 2. The molecule has 4 heteroatoms. The van der Waals surface area contributed by atoms with Crippen LogP contribution >= 0.6 is 11.8 Å². The Morgan fingerprint density at radius 1 is 1.62 bits per heavy atom. The zero-order valence-electron chi connectivity index (χ0n) is 9.94. The van der Waals surface area contributed by atoms with E-state index in [9.17, 15) is 0 Å². The highest BCUT2D eigenvalue weighted by Crippen LogP contribution is 2.19. The fraction of sp³-hybridized carbons (Fsp3) is 0.583. The van der Waals surface area contributed by atoms with E-state index in [2.05, 4.69) is 46.0 Å². The summed E-state index contributed by atoms with van der Waals surface area (Å²) < 4.78 is 0. The van der Waals surface area contributed by atoms with Gasteiger partial charge in [-0.05, 0) is 24.6 Å². The van der Waals surface area contributed by atoms with E-state index < -0.39 is 0 Å². The van der Waals surface area contributed by atoms with Crippen molar-refractivity contribution in [2.45, 2.75) is 19.5 Å². The average Bonchev–Trinajstić information content (AvgIpc) is 2.32. The molecule has 0 saturated carbocycles. The average molecular weight is 237 g/mol. The maximum absolute atomic E-state index is 4.24. The van der Waals surface area contributed by atoms with Crippen LogP contribution in [0.3, 0.4) is 0 Å². The Hall–Kier alpha value is -0.740. The van der Waals surface area contributed by atoms with E-state index in [-0.39, 0.29) is 0 Å². The van der Waals surface area contributed by atoms with E-state index >= 15 is 0 Å². The van der Waals surface area contributed by atoms with Gasteiger partial charge >= 0.3 is 0 Å². The summed E-state index contributed by atoms with van der Waals surface area (Å²) in [6.07, 6.45) is 1.88. The van der Waals surface area contributed by atoms with E-state index in [0.717, 1.165) is 12.4 Å². The SMILES string of the molecule is CNc1cc(CN2CCSCC2C)ccn1. The lowest BCUT2D eigenvalue weighted by Gasteiger charge is -2.32. The molecule has 1 aliphatic heterocycles.